The summed E-state index contributed by atoms with van der Waals surface area (Å²) in [6.07, 6.45) is 0. The molecule has 0 saturated carbocycles. The van der Waals surface area contributed by atoms with E-state index in [1.54, 1.807) is 18.1 Å². The second kappa shape index (κ2) is 8.54. The van der Waals surface area contributed by atoms with Crippen LogP contribution in [-0.4, -0.2) is 33.2 Å². The lowest BCUT2D eigenvalue weighted by atomic mass is 9.93. The number of benzene rings is 3. The molecule has 34 heavy (non-hydrogen) atoms. The lowest BCUT2D eigenvalue weighted by molar-refractivity contribution is 0.0730. The third kappa shape index (κ3) is 3.60. The molecule has 4 aromatic rings. The van der Waals surface area contributed by atoms with E-state index in [0.717, 1.165) is 33.6 Å². The molecule has 1 atom stereocenters. The Morgan fingerprint density at radius 2 is 1.85 bits per heavy atom. The van der Waals surface area contributed by atoms with Gasteiger partial charge in [0.05, 0.1) is 13.2 Å². The van der Waals surface area contributed by atoms with Crippen molar-refractivity contribution in [2.75, 3.05) is 7.11 Å². The fourth-order valence-corrected chi connectivity index (χ4v) is 4.94. The number of carbonyl (C=O) groups excluding carboxylic acids is 1. The average Bonchev–Trinajstić information content (AvgIpc) is 3.34. The third-order valence-corrected chi connectivity index (χ3v) is 6.66. The van der Waals surface area contributed by atoms with Crippen molar-refractivity contribution in [3.63, 3.8) is 0 Å². The zero-order chi connectivity index (χ0) is 24.0. The number of aryl methyl sites for hydroxylation is 2. The van der Waals surface area contributed by atoms with Gasteiger partial charge in [-0.25, -0.2) is 0 Å². The molecule has 0 radical (unpaired) electrons. The van der Waals surface area contributed by atoms with E-state index in [1.165, 1.54) is 0 Å². The van der Waals surface area contributed by atoms with Crippen LogP contribution >= 0.6 is 11.6 Å². The third-order valence-electron chi connectivity index (χ3n) is 6.29. The summed E-state index contributed by atoms with van der Waals surface area (Å²) < 4.78 is 5.33. The molecule has 0 fully saturated rings. The van der Waals surface area contributed by atoms with Crippen molar-refractivity contribution >= 4 is 17.5 Å². The number of hydrogen-bond donors (Lipinski definition) is 2. The largest absolute Gasteiger partial charge is 0.507 e. The molecule has 7 heteroatoms. The number of halogens is 1. The Morgan fingerprint density at radius 3 is 2.53 bits per heavy atom. The monoisotopic (exact) mass is 473 g/mol. The first kappa shape index (κ1) is 22.0. The van der Waals surface area contributed by atoms with E-state index < -0.39 is 6.04 Å². The highest BCUT2D eigenvalue weighted by molar-refractivity contribution is 6.31. The minimum atomic E-state index is -0.418. The van der Waals surface area contributed by atoms with Crippen molar-refractivity contribution < 1.29 is 14.6 Å². The second-order valence-electron chi connectivity index (χ2n) is 8.54. The summed E-state index contributed by atoms with van der Waals surface area (Å²) in [5.74, 6) is 0.696. The molecule has 1 aliphatic heterocycles. The van der Waals surface area contributed by atoms with Gasteiger partial charge in [0.25, 0.3) is 5.91 Å². The number of nitrogens with zero attached hydrogens (tertiary/aromatic N) is 2. The number of aromatic hydroxyl groups is 1. The summed E-state index contributed by atoms with van der Waals surface area (Å²) in [4.78, 5) is 15.4. The number of aromatic amines is 1. The van der Waals surface area contributed by atoms with Gasteiger partial charge in [0.15, 0.2) is 0 Å². The quantitative estimate of drug-likeness (QED) is 0.383. The smallest absolute Gasteiger partial charge is 0.273 e. The summed E-state index contributed by atoms with van der Waals surface area (Å²) in [5, 5.41) is 18.9. The van der Waals surface area contributed by atoms with Crippen molar-refractivity contribution in [3.05, 3.63) is 99.2 Å². The van der Waals surface area contributed by atoms with Crippen LogP contribution in [0.1, 0.15) is 44.3 Å². The van der Waals surface area contributed by atoms with E-state index >= 15 is 0 Å². The summed E-state index contributed by atoms with van der Waals surface area (Å²) >= 11 is 6.44. The van der Waals surface area contributed by atoms with Gasteiger partial charge < -0.3 is 14.7 Å². The molecular formula is C27H24ClN3O3. The Labute approximate surface area is 202 Å². The SMILES string of the molecule is COc1ccc(C2c3c(-c4c(C)cc(C)cc4O)n[nH]c3C(=O)N2Cc2ccccc2Cl)cc1. The van der Waals surface area contributed by atoms with Crippen molar-refractivity contribution in [3.8, 4) is 22.8 Å². The van der Waals surface area contributed by atoms with Gasteiger partial charge in [-0.3, -0.25) is 9.89 Å². The highest BCUT2D eigenvalue weighted by atomic mass is 35.5. The van der Waals surface area contributed by atoms with Crippen LogP contribution in [0.2, 0.25) is 5.02 Å². The fourth-order valence-electron chi connectivity index (χ4n) is 4.75. The number of methoxy groups -OCH3 is 1. The van der Waals surface area contributed by atoms with Crippen molar-refractivity contribution in [1.82, 2.24) is 15.1 Å². The molecular weight excluding hydrogens is 450 g/mol. The van der Waals surface area contributed by atoms with Crippen LogP contribution in [0.15, 0.2) is 60.7 Å². The number of hydrogen-bond acceptors (Lipinski definition) is 4. The molecule has 172 valence electrons. The lowest BCUT2D eigenvalue weighted by Gasteiger charge is -2.27. The number of ether oxygens (including phenoxy) is 1. The van der Waals surface area contributed by atoms with E-state index in [0.29, 0.717) is 28.5 Å². The van der Waals surface area contributed by atoms with E-state index in [-0.39, 0.29) is 11.7 Å². The molecule has 0 bridgehead atoms. The number of H-pyrrole nitrogens is 1. The van der Waals surface area contributed by atoms with Crippen molar-refractivity contribution in [2.45, 2.75) is 26.4 Å². The number of fused-ring (bicyclic) bond motifs is 1. The lowest BCUT2D eigenvalue weighted by Crippen LogP contribution is -2.29. The normalized spacial score (nSPS) is 15.0. The van der Waals surface area contributed by atoms with Crippen molar-refractivity contribution in [1.29, 1.82) is 0 Å². The van der Waals surface area contributed by atoms with E-state index in [9.17, 15) is 9.90 Å². The van der Waals surface area contributed by atoms with Crippen LogP contribution in [0.4, 0.5) is 0 Å². The first-order chi connectivity index (χ1) is 16.4. The minimum absolute atomic E-state index is 0.136. The van der Waals surface area contributed by atoms with Gasteiger partial charge in [0.2, 0.25) is 0 Å². The number of aromatic nitrogens is 2. The van der Waals surface area contributed by atoms with Crippen LogP contribution in [-0.2, 0) is 6.54 Å². The first-order valence-electron chi connectivity index (χ1n) is 11.0. The first-order valence-corrected chi connectivity index (χ1v) is 11.3. The van der Waals surface area contributed by atoms with Gasteiger partial charge in [-0.1, -0.05) is 48.0 Å². The van der Waals surface area contributed by atoms with Crippen LogP contribution in [0, 0.1) is 13.8 Å². The van der Waals surface area contributed by atoms with Crippen molar-refractivity contribution in [2.24, 2.45) is 0 Å². The highest BCUT2D eigenvalue weighted by Crippen LogP contribution is 2.46. The van der Waals surface area contributed by atoms with E-state index in [2.05, 4.69) is 10.2 Å². The van der Waals surface area contributed by atoms with Gasteiger partial charge in [-0.05, 0) is 60.4 Å². The molecule has 3 aromatic carbocycles. The van der Waals surface area contributed by atoms with E-state index in [4.69, 9.17) is 16.3 Å². The predicted molar refractivity (Wildman–Crippen MR) is 131 cm³/mol. The minimum Gasteiger partial charge on any atom is -0.507 e. The van der Waals surface area contributed by atoms with Crippen LogP contribution in [0.5, 0.6) is 11.5 Å². The highest BCUT2D eigenvalue weighted by Gasteiger charge is 2.43. The van der Waals surface area contributed by atoms with E-state index in [1.807, 2.05) is 68.4 Å². The summed E-state index contributed by atoms with van der Waals surface area (Å²) in [6.45, 7) is 4.19. The summed E-state index contributed by atoms with van der Waals surface area (Å²) in [5.41, 5.74) is 5.95. The Balaban J connectivity index is 1.69. The van der Waals surface area contributed by atoms with Gasteiger partial charge in [-0.2, -0.15) is 5.10 Å². The number of rotatable bonds is 5. The maximum Gasteiger partial charge on any atom is 0.273 e. The van der Waals surface area contributed by atoms with Gasteiger partial charge >= 0.3 is 0 Å². The molecule has 0 aliphatic carbocycles. The second-order valence-corrected chi connectivity index (χ2v) is 8.94. The molecule has 6 nitrogen and oxygen atoms in total. The fraction of sp³-hybridized carbons (Fsp3) is 0.185. The van der Waals surface area contributed by atoms with Crippen LogP contribution < -0.4 is 4.74 Å². The number of phenolic OH excluding ortho intramolecular Hbond substituents is 1. The topological polar surface area (TPSA) is 78.5 Å². The zero-order valence-electron chi connectivity index (χ0n) is 19.1. The molecule has 1 amide bonds. The Morgan fingerprint density at radius 1 is 1.12 bits per heavy atom. The Bertz CT molecular complexity index is 1370. The zero-order valence-corrected chi connectivity index (χ0v) is 19.8. The predicted octanol–water partition coefficient (Wildman–Crippen LogP) is 5.81. The maximum absolute atomic E-state index is 13.6. The number of carbonyl (C=O) groups is 1. The molecule has 1 aromatic heterocycles. The average molecular weight is 474 g/mol. The molecule has 2 heterocycles. The van der Waals surface area contributed by atoms with Gasteiger partial charge in [0, 0.05) is 22.7 Å². The standard InChI is InChI=1S/C27H24ClN3O3/c1-15-12-16(2)22(21(32)13-15)24-23-25(30-29-24)27(33)31(14-18-6-4-5-7-20(18)28)26(23)17-8-10-19(34-3)11-9-17/h4-13,26,32H,14H2,1-3H3,(H,29,30). The molecule has 5 rings (SSSR count). The molecule has 1 unspecified atom stereocenters. The number of amides is 1. The molecule has 0 spiro atoms. The van der Waals surface area contributed by atoms with Gasteiger partial charge in [-0.15, -0.1) is 0 Å². The molecule has 1 aliphatic rings. The maximum atomic E-state index is 13.6. The molecule has 0 saturated heterocycles. The Kier molecular flexibility index (Phi) is 5.54. The van der Waals surface area contributed by atoms with Gasteiger partial charge in [0.1, 0.15) is 22.9 Å². The molecule has 2 N–H and O–H groups in total. The number of phenols is 1. The Hall–Kier alpha value is -3.77. The summed E-state index contributed by atoms with van der Waals surface area (Å²) in [7, 11) is 1.62. The van der Waals surface area contributed by atoms with Crippen LogP contribution in [0.25, 0.3) is 11.3 Å². The summed E-state index contributed by atoms with van der Waals surface area (Å²) in [6, 6.07) is 18.5. The number of nitrogens with one attached hydrogen (secondary N) is 1. The van der Waals surface area contributed by atoms with Crippen LogP contribution in [0.3, 0.4) is 0 Å².